The fourth-order valence-electron chi connectivity index (χ4n) is 0.958. The second kappa shape index (κ2) is 3.59. The van der Waals surface area contributed by atoms with E-state index in [0.29, 0.717) is 0 Å². The van der Waals surface area contributed by atoms with E-state index in [9.17, 15) is 0 Å². The topological polar surface area (TPSA) is 26.0 Å². The third-order valence-electron chi connectivity index (χ3n) is 1.84. The van der Waals surface area contributed by atoms with E-state index < -0.39 is 0 Å². The van der Waals surface area contributed by atoms with Crippen LogP contribution in [0, 0.1) is 0 Å². The maximum Gasteiger partial charge on any atom is 0.134 e. The van der Waals surface area contributed by atoms with Crippen molar-refractivity contribution in [2.75, 3.05) is 26.9 Å². The number of benzene rings is 1. The average Bonchev–Trinajstić information content (AvgIpc) is 1.97. The molecule has 4 heteroatoms. The summed E-state index contributed by atoms with van der Waals surface area (Å²) in [5, 5.41) is 0. The third-order valence-corrected chi connectivity index (χ3v) is 3.15. The molecule has 0 aromatic heterocycles. The lowest BCUT2D eigenvalue weighted by atomic mass is 10.2. The van der Waals surface area contributed by atoms with E-state index in [1.54, 1.807) is 0 Å². The minimum Gasteiger partial charge on any atom is -0.397 e. The molecule has 0 atom stereocenters. The Morgan fingerprint density at radius 1 is 1.08 bits per heavy atom. The molecule has 0 heterocycles. The molecule has 0 radical (unpaired) electrons. The molecule has 13 heavy (non-hydrogen) atoms. The highest BCUT2D eigenvalue weighted by Gasteiger charge is 2.15. The Hall–Kier alpha value is -0.0600. The Morgan fingerprint density at radius 2 is 1.46 bits per heavy atom. The summed E-state index contributed by atoms with van der Waals surface area (Å²) in [5.74, 6) is 0. The van der Waals surface area contributed by atoms with Crippen LogP contribution in [0.3, 0.4) is 0 Å². The molecule has 2 N–H and O–H groups in total. The van der Waals surface area contributed by atoms with Crippen LogP contribution in [-0.2, 0) is 0 Å². The van der Waals surface area contributed by atoms with Gasteiger partial charge in [-0.3, -0.25) is 4.48 Å². The molecular formula is C9H13Br2N2+. The van der Waals surface area contributed by atoms with Crippen LogP contribution in [0.25, 0.3) is 0 Å². The summed E-state index contributed by atoms with van der Waals surface area (Å²) in [5.41, 5.74) is 7.74. The van der Waals surface area contributed by atoms with Gasteiger partial charge < -0.3 is 5.73 Å². The van der Waals surface area contributed by atoms with Crippen molar-refractivity contribution < 1.29 is 0 Å². The van der Waals surface area contributed by atoms with Gasteiger partial charge in [0.2, 0.25) is 0 Å². The summed E-state index contributed by atoms with van der Waals surface area (Å²) >= 11 is 6.85. The van der Waals surface area contributed by atoms with Crippen LogP contribution < -0.4 is 10.2 Å². The van der Waals surface area contributed by atoms with Crippen molar-refractivity contribution >= 4 is 43.2 Å². The average molecular weight is 309 g/mol. The van der Waals surface area contributed by atoms with Crippen LogP contribution in [0.4, 0.5) is 11.4 Å². The van der Waals surface area contributed by atoms with Gasteiger partial charge >= 0.3 is 0 Å². The molecule has 0 aliphatic carbocycles. The minimum absolute atomic E-state index is 0.747. The zero-order valence-corrected chi connectivity index (χ0v) is 11.1. The largest absolute Gasteiger partial charge is 0.397 e. The van der Waals surface area contributed by atoms with Crippen LogP contribution in [0.2, 0.25) is 0 Å². The van der Waals surface area contributed by atoms with Gasteiger partial charge in [-0.15, -0.1) is 0 Å². The summed E-state index contributed by atoms with van der Waals surface area (Å²) in [7, 11) is 6.35. The van der Waals surface area contributed by atoms with Crippen LogP contribution in [0.15, 0.2) is 21.1 Å². The second-order valence-corrected chi connectivity index (χ2v) is 5.54. The highest BCUT2D eigenvalue weighted by molar-refractivity contribution is 9.11. The van der Waals surface area contributed by atoms with Gasteiger partial charge in [0.15, 0.2) is 0 Å². The highest BCUT2D eigenvalue weighted by atomic mass is 79.9. The van der Waals surface area contributed by atoms with Crippen molar-refractivity contribution in [3.63, 3.8) is 0 Å². The molecule has 0 fully saturated rings. The molecule has 0 spiro atoms. The predicted molar refractivity (Wildman–Crippen MR) is 65.8 cm³/mol. The molecule has 0 aliphatic rings. The van der Waals surface area contributed by atoms with Crippen LogP contribution >= 0.6 is 31.9 Å². The fraction of sp³-hybridized carbons (Fsp3) is 0.333. The number of rotatable bonds is 1. The van der Waals surface area contributed by atoms with E-state index in [0.717, 1.165) is 19.1 Å². The van der Waals surface area contributed by atoms with Gasteiger partial charge in [0.1, 0.15) is 5.69 Å². The lowest BCUT2D eigenvalue weighted by molar-refractivity contribution is 0.486. The van der Waals surface area contributed by atoms with Crippen molar-refractivity contribution in [3.8, 4) is 0 Å². The number of anilines is 1. The van der Waals surface area contributed by atoms with Crippen molar-refractivity contribution in [2.45, 2.75) is 0 Å². The van der Waals surface area contributed by atoms with Crippen molar-refractivity contribution in [2.24, 2.45) is 0 Å². The SMILES string of the molecule is C[N+](C)(C)c1cc(Br)c(N)c(Br)c1. The second-order valence-electron chi connectivity index (χ2n) is 3.84. The van der Waals surface area contributed by atoms with Crippen LogP contribution in [0.1, 0.15) is 0 Å². The summed E-state index contributed by atoms with van der Waals surface area (Å²) in [6.07, 6.45) is 0. The number of hydrogen-bond donors (Lipinski definition) is 1. The first kappa shape index (κ1) is 11.0. The van der Waals surface area contributed by atoms with Crippen molar-refractivity contribution in [3.05, 3.63) is 21.1 Å². The monoisotopic (exact) mass is 307 g/mol. The molecule has 0 bridgehead atoms. The van der Waals surface area contributed by atoms with Crippen molar-refractivity contribution in [1.29, 1.82) is 0 Å². The smallest absolute Gasteiger partial charge is 0.134 e. The number of halogens is 2. The number of nitrogens with two attached hydrogens (primary N) is 1. The summed E-state index contributed by atoms with van der Waals surface area (Å²) < 4.78 is 2.65. The lowest BCUT2D eigenvalue weighted by Crippen LogP contribution is -2.34. The third kappa shape index (κ3) is 2.45. The first-order chi connectivity index (χ1) is 5.82. The summed E-state index contributed by atoms with van der Waals surface area (Å²) in [4.78, 5) is 0. The Kier molecular flexibility index (Phi) is 3.05. The van der Waals surface area contributed by atoms with E-state index in [4.69, 9.17) is 5.73 Å². The Balaban J connectivity index is 3.29. The number of quaternary nitrogens is 1. The van der Waals surface area contributed by atoms with Crippen molar-refractivity contribution in [1.82, 2.24) is 4.48 Å². The van der Waals surface area contributed by atoms with Gasteiger partial charge in [0, 0.05) is 21.1 Å². The molecule has 1 aromatic carbocycles. The highest BCUT2D eigenvalue weighted by Crippen LogP contribution is 2.34. The Morgan fingerprint density at radius 3 is 1.77 bits per heavy atom. The van der Waals surface area contributed by atoms with E-state index in [2.05, 4.69) is 53.0 Å². The molecule has 0 saturated carbocycles. The number of hydrogen-bond acceptors (Lipinski definition) is 1. The van der Waals surface area contributed by atoms with Crippen LogP contribution in [0.5, 0.6) is 0 Å². The van der Waals surface area contributed by atoms with Gasteiger partial charge in [-0.05, 0) is 31.9 Å². The molecular weight excluding hydrogens is 296 g/mol. The first-order valence-corrected chi connectivity index (χ1v) is 5.47. The molecule has 2 nitrogen and oxygen atoms in total. The zero-order chi connectivity index (χ0) is 10.2. The van der Waals surface area contributed by atoms with Crippen LogP contribution in [-0.4, -0.2) is 21.1 Å². The zero-order valence-electron chi connectivity index (χ0n) is 7.94. The standard InChI is InChI=1S/C9H13Br2N2/c1-13(2,3)6-4-7(10)9(12)8(11)5-6/h4-5H,12H2,1-3H3/q+1. The van der Waals surface area contributed by atoms with E-state index in [1.165, 1.54) is 5.69 Å². The normalized spacial score (nSPS) is 11.8. The lowest BCUT2D eigenvalue weighted by Gasteiger charge is -2.24. The maximum atomic E-state index is 5.79. The molecule has 0 saturated heterocycles. The molecule has 1 rings (SSSR count). The summed E-state index contributed by atoms with van der Waals surface area (Å²) in [6.45, 7) is 0. The van der Waals surface area contributed by atoms with Gasteiger partial charge in [-0.2, -0.15) is 0 Å². The first-order valence-electron chi connectivity index (χ1n) is 3.89. The van der Waals surface area contributed by atoms with Gasteiger partial charge in [-0.25, -0.2) is 0 Å². The van der Waals surface area contributed by atoms with E-state index >= 15 is 0 Å². The quantitative estimate of drug-likeness (QED) is 0.626. The van der Waals surface area contributed by atoms with Gasteiger partial charge in [0.05, 0.1) is 26.8 Å². The summed E-state index contributed by atoms with van der Waals surface area (Å²) in [6, 6.07) is 4.08. The predicted octanol–water partition coefficient (Wildman–Crippen LogP) is 2.99. The van der Waals surface area contributed by atoms with Gasteiger partial charge in [0.25, 0.3) is 0 Å². The molecule has 72 valence electrons. The fourth-order valence-corrected chi connectivity index (χ4v) is 2.12. The maximum absolute atomic E-state index is 5.79. The number of nitrogen functional groups attached to an aromatic ring is 1. The van der Waals surface area contributed by atoms with E-state index in [1.807, 2.05) is 12.1 Å². The Bertz CT molecular complexity index is 306. The molecule has 0 unspecified atom stereocenters. The van der Waals surface area contributed by atoms with E-state index in [-0.39, 0.29) is 0 Å². The molecule has 0 amide bonds. The number of nitrogens with zero attached hydrogens (tertiary/aromatic N) is 1. The molecule has 0 aliphatic heterocycles. The van der Waals surface area contributed by atoms with Gasteiger partial charge in [-0.1, -0.05) is 0 Å². The molecule has 1 aromatic rings. The Labute approximate surface area is 95.6 Å². The minimum atomic E-state index is 0.747.